The number of fused-ring (bicyclic) bond motifs is 4. The summed E-state index contributed by atoms with van der Waals surface area (Å²) in [7, 11) is 0. The van der Waals surface area contributed by atoms with Crippen molar-refractivity contribution in [2.24, 2.45) is 0 Å². The van der Waals surface area contributed by atoms with E-state index in [-0.39, 0.29) is 5.75 Å². The number of hydrogen-bond acceptors (Lipinski definition) is 2. The van der Waals surface area contributed by atoms with Crippen LogP contribution in [0.25, 0.3) is 32.6 Å². The Hall–Kier alpha value is -2.75. The molecule has 2 aromatic heterocycles. The lowest BCUT2D eigenvalue weighted by Gasteiger charge is -2.09. The van der Waals surface area contributed by atoms with Crippen LogP contribution in [0.2, 0.25) is 0 Å². The summed E-state index contributed by atoms with van der Waals surface area (Å²) < 4.78 is 0. The van der Waals surface area contributed by atoms with Gasteiger partial charge in [-0.2, -0.15) is 0 Å². The van der Waals surface area contributed by atoms with Gasteiger partial charge in [0.25, 0.3) is 5.56 Å². The van der Waals surface area contributed by atoms with Crippen LogP contribution in [-0.2, 0) is 0 Å². The normalized spacial score (nSPS) is 11.7. The minimum atomic E-state index is -0.458. The van der Waals surface area contributed by atoms with E-state index in [9.17, 15) is 9.90 Å². The largest absolute Gasteiger partial charge is 0.503 e. The number of pyridine rings is 1. The minimum absolute atomic E-state index is 0.214. The molecule has 0 saturated heterocycles. The predicted molar refractivity (Wildman–Crippen MR) is 85.1 cm³/mol. The van der Waals surface area contributed by atoms with E-state index in [2.05, 4.69) is 16.0 Å². The van der Waals surface area contributed by atoms with Crippen molar-refractivity contribution < 1.29 is 5.11 Å². The first-order valence-corrected chi connectivity index (χ1v) is 6.83. The summed E-state index contributed by atoms with van der Waals surface area (Å²) >= 11 is 0. The highest BCUT2D eigenvalue weighted by Crippen LogP contribution is 2.37. The highest BCUT2D eigenvalue weighted by molar-refractivity contribution is 6.17. The lowest BCUT2D eigenvalue weighted by Crippen LogP contribution is -2.05. The van der Waals surface area contributed by atoms with E-state index in [1.807, 2.05) is 32.0 Å². The lowest BCUT2D eigenvalue weighted by atomic mass is 9.96. The number of benzene rings is 2. The molecule has 0 saturated carbocycles. The molecule has 4 heteroatoms. The maximum Gasteiger partial charge on any atom is 0.290 e. The molecule has 0 unspecified atom stereocenters. The van der Waals surface area contributed by atoms with E-state index < -0.39 is 5.56 Å². The molecular formula is C17H14N2O2. The van der Waals surface area contributed by atoms with E-state index in [0.29, 0.717) is 5.39 Å². The second kappa shape index (κ2) is 3.88. The number of rotatable bonds is 0. The van der Waals surface area contributed by atoms with E-state index in [0.717, 1.165) is 38.3 Å². The van der Waals surface area contributed by atoms with Crippen molar-refractivity contribution in [3.63, 3.8) is 0 Å². The van der Waals surface area contributed by atoms with Crippen LogP contribution in [-0.4, -0.2) is 15.1 Å². The number of hydrogen-bond donors (Lipinski definition) is 3. The van der Waals surface area contributed by atoms with Gasteiger partial charge in [-0.1, -0.05) is 18.2 Å². The first-order valence-electron chi connectivity index (χ1n) is 6.83. The Bertz CT molecular complexity index is 1090. The number of aromatic amines is 2. The van der Waals surface area contributed by atoms with Gasteiger partial charge in [-0.3, -0.25) is 4.79 Å². The Labute approximate surface area is 120 Å². The standard InChI is InChI=1S/C17H14N2O2/c1-8-11-7-18-17(21)16(20)14(11)9(2)15-13(8)10-5-3-4-6-12(10)19-15/h3-7,19-20H,1-2H3,(H,18,21). The number of aromatic nitrogens is 2. The number of para-hydroxylation sites is 1. The predicted octanol–water partition coefficient (Wildman–Crippen LogP) is 3.49. The molecule has 4 rings (SSSR count). The van der Waals surface area contributed by atoms with Crippen LogP contribution in [0.15, 0.2) is 35.3 Å². The third-order valence-electron chi connectivity index (χ3n) is 4.30. The van der Waals surface area contributed by atoms with Crippen LogP contribution < -0.4 is 5.56 Å². The summed E-state index contributed by atoms with van der Waals surface area (Å²) in [6.45, 7) is 3.95. The van der Waals surface area contributed by atoms with Gasteiger partial charge in [0, 0.05) is 33.3 Å². The quantitative estimate of drug-likeness (QED) is 0.461. The molecule has 0 fully saturated rings. The SMILES string of the molecule is Cc1c2[nH]c3ccccc3c2c(C)c2c[nH]c(=O)c(O)c12. The van der Waals surface area contributed by atoms with Crippen molar-refractivity contribution in [1.29, 1.82) is 0 Å². The van der Waals surface area contributed by atoms with Gasteiger partial charge in [-0.25, -0.2) is 0 Å². The molecule has 0 amide bonds. The van der Waals surface area contributed by atoms with Crippen molar-refractivity contribution in [3.8, 4) is 5.75 Å². The highest BCUT2D eigenvalue weighted by atomic mass is 16.3. The van der Waals surface area contributed by atoms with Crippen molar-refractivity contribution in [2.75, 3.05) is 0 Å². The molecule has 4 aromatic rings. The van der Waals surface area contributed by atoms with Gasteiger partial charge >= 0.3 is 0 Å². The van der Waals surface area contributed by atoms with Crippen molar-refractivity contribution in [1.82, 2.24) is 9.97 Å². The van der Waals surface area contributed by atoms with Crippen LogP contribution in [0.3, 0.4) is 0 Å². The summed E-state index contributed by atoms with van der Waals surface area (Å²) in [6, 6.07) is 8.11. The zero-order chi connectivity index (χ0) is 14.7. The molecule has 0 radical (unpaired) electrons. The molecule has 104 valence electrons. The van der Waals surface area contributed by atoms with Gasteiger partial charge in [-0.05, 0) is 31.0 Å². The maximum atomic E-state index is 11.7. The summed E-state index contributed by atoms with van der Waals surface area (Å²) in [6.07, 6.45) is 1.68. The lowest BCUT2D eigenvalue weighted by molar-refractivity contribution is 0.473. The number of aryl methyl sites for hydroxylation is 2. The van der Waals surface area contributed by atoms with Crippen molar-refractivity contribution in [3.05, 3.63) is 51.9 Å². The van der Waals surface area contributed by atoms with E-state index in [1.165, 1.54) is 0 Å². The summed E-state index contributed by atoms with van der Waals surface area (Å²) in [5.74, 6) is -0.214. The molecule has 2 aromatic carbocycles. The van der Waals surface area contributed by atoms with Gasteiger partial charge in [0.15, 0.2) is 5.75 Å². The fraction of sp³-hybridized carbons (Fsp3) is 0.118. The number of H-pyrrole nitrogens is 2. The summed E-state index contributed by atoms with van der Waals surface area (Å²) in [4.78, 5) is 17.7. The Morgan fingerprint density at radius 1 is 1.00 bits per heavy atom. The van der Waals surface area contributed by atoms with Crippen LogP contribution >= 0.6 is 0 Å². The first-order chi connectivity index (χ1) is 10.1. The van der Waals surface area contributed by atoms with Crippen molar-refractivity contribution in [2.45, 2.75) is 13.8 Å². The molecule has 0 bridgehead atoms. The second-order valence-electron chi connectivity index (χ2n) is 5.43. The third-order valence-corrected chi connectivity index (χ3v) is 4.30. The Morgan fingerprint density at radius 3 is 2.57 bits per heavy atom. The van der Waals surface area contributed by atoms with E-state index in [4.69, 9.17) is 0 Å². The monoisotopic (exact) mass is 278 g/mol. The zero-order valence-corrected chi connectivity index (χ0v) is 11.7. The van der Waals surface area contributed by atoms with Crippen LogP contribution in [0, 0.1) is 13.8 Å². The molecular weight excluding hydrogens is 264 g/mol. The fourth-order valence-corrected chi connectivity index (χ4v) is 3.27. The van der Waals surface area contributed by atoms with Crippen LogP contribution in [0.1, 0.15) is 11.1 Å². The Morgan fingerprint density at radius 2 is 1.76 bits per heavy atom. The summed E-state index contributed by atoms with van der Waals surface area (Å²) in [5.41, 5.74) is 3.52. The third kappa shape index (κ3) is 1.41. The number of aromatic hydroxyl groups is 1. The van der Waals surface area contributed by atoms with Crippen molar-refractivity contribution >= 4 is 32.6 Å². The molecule has 21 heavy (non-hydrogen) atoms. The average Bonchev–Trinajstić information content (AvgIpc) is 2.87. The van der Waals surface area contributed by atoms with Crippen LogP contribution in [0.4, 0.5) is 0 Å². The Balaban J connectivity index is 2.41. The van der Waals surface area contributed by atoms with Gasteiger partial charge < -0.3 is 15.1 Å². The fourth-order valence-electron chi connectivity index (χ4n) is 3.27. The average molecular weight is 278 g/mol. The first kappa shape index (κ1) is 12.0. The molecule has 0 aliphatic carbocycles. The van der Waals surface area contributed by atoms with Gasteiger partial charge in [0.1, 0.15) is 0 Å². The second-order valence-corrected chi connectivity index (χ2v) is 5.43. The van der Waals surface area contributed by atoms with Gasteiger partial charge in [-0.15, -0.1) is 0 Å². The molecule has 0 atom stereocenters. The summed E-state index contributed by atoms with van der Waals surface area (Å²) in [5, 5.41) is 13.9. The van der Waals surface area contributed by atoms with E-state index >= 15 is 0 Å². The van der Waals surface area contributed by atoms with Gasteiger partial charge in [0.2, 0.25) is 0 Å². The topological polar surface area (TPSA) is 68.9 Å². The molecule has 2 heterocycles. The molecule has 0 aliphatic rings. The van der Waals surface area contributed by atoms with Crippen LogP contribution in [0.5, 0.6) is 5.75 Å². The molecule has 3 N–H and O–H groups in total. The highest BCUT2D eigenvalue weighted by Gasteiger charge is 2.17. The minimum Gasteiger partial charge on any atom is -0.503 e. The molecule has 4 nitrogen and oxygen atoms in total. The molecule has 0 spiro atoms. The smallest absolute Gasteiger partial charge is 0.290 e. The molecule has 0 aliphatic heterocycles. The van der Waals surface area contributed by atoms with E-state index in [1.54, 1.807) is 6.20 Å². The Kier molecular flexibility index (Phi) is 2.22. The van der Waals surface area contributed by atoms with Gasteiger partial charge in [0.05, 0.1) is 5.52 Å². The zero-order valence-electron chi connectivity index (χ0n) is 11.7. The maximum absolute atomic E-state index is 11.7. The number of nitrogens with one attached hydrogen (secondary N) is 2.